The van der Waals surface area contributed by atoms with Gasteiger partial charge in [-0.05, 0) is 57.5 Å². The molecule has 1 atom stereocenters. The summed E-state index contributed by atoms with van der Waals surface area (Å²) in [6.45, 7) is 2.11. The molecule has 0 radical (unpaired) electrons. The van der Waals surface area contributed by atoms with E-state index in [-0.39, 0.29) is 6.04 Å². The van der Waals surface area contributed by atoms with Gasteiger partial charge in [0.1, 0.15) is 5.76 Å². The molecule has 104 valence electrons. The van der Waals surface area contributed by atoms with Crippen LogP contribution in [-0.4, -0.2) is 16.8 Å². The van der Waals surface area contributed by atoms with Gasteiger partial charge in [-0.25, -0.2) is 0 Å². The number of hydrogen-bond acceptors (Lipinski definition) is 3. The normalized spacial score (nSPS) is 12.9. The molecule has 0 aromatic carbocycles. The maximum absolute atomic E-state index is 5.63. The zero-order chi connectivity index (χ0) is 14.0. The molecule has 2 aromatic rings. The number of nitrogens with one attached hydrogen (secondary N) is 1. The van der Waals surface area contributed by atoms with E-state index in [1.54, 1.807) is 0 Å². The zero-order valence-corrected chi connectivity index (χ0v) is 14.4. The highest BCUT2D eigenvalue weighted by atomic mass is 79.9. The maximum Gasteiger partial charge on any atom is 0.169 e. The summed E-state index contributed by atoms with van der Waals surface area (Å²) in [6, 6.07) is 4.02. The summed E-state index contributed by atoms with van der Waals surface area (Å²) >= 11 is 6.98. The van der Waals surface area contributed by atoms with Crippen LogP contribution in [0, 0.1) is 0 Å². The minimum absolute atomic E-state index is 0.128. The Kier molecular flexibility index (Phi) is 4.86. The van der Waals surface area contributed by atoms with Crippen molar-refractivity contribution in [2.24, 2.45) is 7.05 Å². The minimum Gasteiger partial charge on any atom is -0.453 e. The average molecular weight is 391 g/mol. The number of likely N-dealkylation sites (N-methyl/N-ethyl adjacent to an activating group) is 1. The monoisotopic (exact) mass is 389 g/mol. The van der Waals surface area contributed by atoms with Crippen LogP contribution in [0.2, 0.25) is 0 Å². The summed E-state index contributed by atoms with van der Waals surface area (Å²) < 4.78 is 9.42. The van der Waals surface area contributed by atoms with Crippen LogP contribution in [0.25, 0.3) is 0 Å². The second-order valence-electron chi connectivity index (χ2n) is 4.37. The molecule has 0 fully saturated rings. The van der Waals surface area contributed by atoms with E-state index in [0.29, 0.717) is 0 Å². The highest BCUT2D eigenvalue weighted by Gasteiger charge is 2.20. The number of aryl methyl sites for hydroxylation is 2. The molecule has 0 spiro atoms. The Balaban J connectivity index is 2.26. The first kappa shape index (κ1) is 14.8. The Morgan fingerprint density at radius 2 is 2.16 bits per heavy atom. The van der Waals surface area contributed by atoms with Crippen molar-refractivity contribution in [3.8, 4) is 0 Å². The number of aromatic nitrogens is 2. The lowest BCUT2D eigenvalue weighted by atomic mass is 10.1. The summed E-state index contributed by atoms with van der Waals surface area (Å²) in [7, 11) is 3.91. The third kappa shape index (κ3) is 3.12. The van der Waals surface area contributed by atoms with Gasteiger partial charge in [-0.15, -0.1) is 0 Å². The molecule has 1 unspecified atom stereocenters. The quantitative estimate of drug-likeness (QED) is 0.847. The summed E-state index contributed by atoms with van der Waals surface area (Å²) in [5, 5.41) is 7.80. The fraction of sp³-hybridized carbons (Fsp3) is 0.462. The minimum atomic E-state index is 0.128. The van der Waals surface area contributed by atoms with E-state index in [2.05, 4.69) is 49.2 Å². The Hall–Kier alpha value is -0.590. The van der Waals surface area contributed by atoms with Crippen LogP contribution in [0.4, 0.5) is 0 Å². The van der Waals surface area contributed by atoms with Crippen LogP contribution >= 0.6 is 31.9 Å². The van der Waals surface area contributed by atoms with E-state index in [4.69, 9.17) is 4.42 Å². The van der Waals surface area contributed by atoms with Gasteiger partial charge in [0.2, 0.25) is 0 Å². The lowest BCUT2D eigenvalue weighted by Crippen LogP contribution is -2.19. The molecule has 2 aromatic heterocycles. The highest BCUT2D eigenvalue weighted by Crippen LogP contribution is 2.28. The molecule has 0 aliphatic carbocycles. The molecule has 4 nitrogen and oxygen atoms in total. The van der Waals surface area contributed by atoms with Crippen LogP contribution in [0.1, 0.15) is 30.1 Å². The largest absolute Gasteiger partial charge is 0.453 e. The summed E-state index contributed by atoms with van der Waals surface area (Å²) in [4.78, 5) is 0. The van der Waals surface area contributed by atoms with E-state index in [1.165, 1.54) is 5.69 Å². The summed E-state index contributed by atoms with van der Waals surface area (Å²) in [6.07, 6.45) is 1.74. The molecule has 2 rings (SSSR count). The van der Waals surface area contributed by atoms with E-state index < -0.39 is 0 Å². The van der Waals surface area contributed by atoms with E-state index in [0.717, 1.165) is 33.4 Å². The standard InChI is InChI=1S/C13H17Br2N3O/c1-4-8-13(15)10(18(3)17-8)7-9(16-2)11-5-6-12(14)19-11/h5-6,9,16H,4,7H2,1-3H3. The summed E-state index contributed by atoms with van der Waals surface area (Å²) in [5.74, 6) is 0.917. The van der Waals surface area contributed by atoms with Crippen LogP contribution in [0.15, 0.2) is 25.7 Å². The van der Waals surface area contributed by atoms with Gasteiger partial charge in [-0.3, -0.25) is 4.68 Å². The van der Waals surface area contributed by atoms with Crippen molar-refractivity contribution < 1.29 is 4.42 Å². The Bertz CT molecular complexity index is 562. The van der Waals surface area contributed by atoms with E-state index in [1.807, 2.05) is 30.9 Å². The van der Waals surface area contributed by atoms with Crippen molar-refractivity contribution in [1.82, 2.24) is 15.1 Å². The van der Waals surface area contributed by atoms with E-state index in [9.17, 15) is 0 Å². The highest BCUT2D eigenvalue weighted by molar-refractivity contribution is 9.10. The third-order valence-electron chi connectivity index (χ3n) is 3.19. The van der Waals surface area contributed by atoms with Crippen molar-refractivity contribution in [3.63, 3.8) is 0 Å². The van der Waals surface area contributed by atoms with Crippen LogP contribution in [0.3, 0.4) is 0 Å². The van der Waals surface area contributed by atoms with Crippen molar-refractivity contribution in [3.05, 3.63) is 38.4 Å². The van der Waals surface area contributed by atoms with Gasteiger partial charge in [0.05, 0.1) is 21.9 Å². The van der Waals surface area contributed by atoms with Crippen LogP contribution in [0.5, 0.6) is 0 Å². The lowest BCUT2D eigenvalue weighted by Gasteiger charge is -2.14. The second kappa shape index (κ2) is 6.24. The Labute approximate surface area is 129 Å². The van der Waals surface area contributed by atoms with Gasteiger partial charge < -0.3 is 9.73 Å². The van der Waals surface area contributed by atoms with Crippen LogP contribution in [-0.2, 0) is 19.9 Å². The molecule has 0 saturated carbocycles. The molecule has 0 saturated heterocycles. The molecule has 0 bridgehead atoms. The molecule has 6 heteroatoms. The smallest absolute Gasteiger partial charge is 0.169 e. The Morgan fingerprint density at radius 1 is 1.42 bits per heavy atom. The van der Waals surface area contributed by atoms with Crippen molar-refractivity contribution >= 4 is 31.9 Å². The topological polar surface area (TPSA) is 43.0 Å². The van der Waals surface area contributed by atoms with Gasteiger partial charge in [0.25, 0.3) is 0 Å². The number of halogens is 2. The van der Waals surface area contributed by atoms with Crippen molar-refractivity contribution in [2.75, 3.05) is 7.05 Å². The lowest BCUT2D eigenvalue weighted by molar-refractivity contribution is 0.411. The van der Waals surface area contributed by atoms with Gasteiger partial charge in [-0.1, -0.05) is 6.92 Å². The third-order valence-corrected chi connectivity index (χ3v) is 4.53. The van der Waals surface area contributed by atoms with Gasteiger partial charge in [0, 0.05) is 13.5 Å². The molecule has 0 aliphatic heterocycles. The van der Waals surface area contributed by atoms with Crippen molar-refractivity contribution in [2.45, 2.75) is 25.8 Å². The second-order valence-corrected chi connectivity index (χ2v) is 5.95. The molecule has 0 amide bonds. The Morgan fingerprint density at radius 3 is 2.63 bits per heavy atom. The SMILES string of the molecule is CCc1nn(C)c(CC(NC)c2ccc(Br)o2)c1Br. The molecule has 2 heterocycles. The number of hydrogen-bond donors (Lipinski definition) is 1. The summed E-state index contributed by atoms with van der Waals surface area (Å²) in [5.41, 5.74) is 2.26. The number of rotatable bonds is 5. The fourth-order valence-corrected chi connectivity index (χ4v) is 3.19. The maximum atomic E-state index is 5.63. The first-order valence-electron chi connectivity index (χ1n) is 6.19. The molecule has 1 N–H and O–H groups in total. The number of nitrogens with zero attached hydrogens (tertiary/aromatic N) is 2. The van der Waals surface area contributed by atoms with E-state index >= 15 is 0 Å². The predicted octanol–water partition coefficient (Wildman–Crippen LogP) is 3.60. The predicted molar refractivity (Wildman–Crippen MR) is 82.2 cm³/mol. The molecule has 19 heavy (non-hydrogen) atoms. The van der Waals surface area contributed by atoms with Gasteiger partial charge in [-0.2, -0.15) is 5.10 Å². The van der Waals surface area contributed by atoms with Crippen LogP contribution < -0.4 is 5.32 Å². The number of furan rings is 1. The molecular weight excluding hydrogens is 374 g/mol. The van der Waals surface area contributed by atoms with Gasteiger partial charge >= 0.3 is 0 Å². The molecular formula is C13H17Br2N3O. The van der Waals surface area contributed by atoms with Gasteiger partial charge in [0.15, 0.2) is 4.67 Å². The van der Waals surface area contributed by atoms with Crippen molar-refractivity contribution in [1.29, 1.82) is 0 Å². The fourth-order valence-electron chi connectivity index (χ4n) is 2.10. The first-order chi connectivity index (χ1) is 9.06. The zero-order valence-electron chi connectivity index (χ0n) is 11.2. The average Bonchev–Trinajstić information content (AvgIpc) is 2.92. The molecule has 0 aliphatic rings. The first-order valence-corrected chi connectivity index (χ1v) is 7.78.